The molecule has 100 valence electrons. The molecule has 3 N–H and O–H groups in total. The third-order valence-corrected chi connectivity index (χ3v) is 3.05. The largest absolute Gasteiger partial charge is 0.390 e. The first-order chi connectivity index (χ1) is 8.39. The van der Waals surface area contributed by atoms with Crippen molar-refractivity contribution in [2.45, 2.75) is 25.1 Å². The predicted octanol–water partition coefficient (Wildman–Crippen LogP) is -1.28. The summed E-state index contributed by atoms with van der Waals surface area (Å²) in [5, 5.41) is 18.5. The molecule has 4 unspecified atom stereocenters. The molecule has 4 atom stereocenters. The number of nitrogens with one attached hydrogen (secondary N) is 1. The van der Waals surface area contributed by atoms with E-state index in [0.29, 0.717) is 0 Å². The van der Waals surface area contributed by atoms with Gasteiger partial charge in [0.2, 0.25) is 0 Å². The number of aromatic nitrogens is 2. The molecule has 7 nitrogen and oxygen atoms in total. The van der Waals surface area contributed by atoms with Crippen LogP contribution >= 0.6 is 0 Å². The highest BCUT2D eigenvalue weighted by Crippen LogP contribution is 2.41. The van der Waals surface area contributed by atoms with Crippen LogP contribution in [0.2, 0.25) is 0 Å². The maximum absolute atomic E-state index is 13.9. The Morgan fingerprint density at radius 3 is 2.78 bits per heavy atom. The van der Waals surface area contributed by atoms with Gasteiger partial charge in [0.25, 0.3) is 11.4 Å². The SMILES string of the molecule is CC1C(n2ccc(=O)[nH]c2=O)OC(F)(CO)C1O. The zero-order valence-electron chi connectivity index (χ0n) is 9.54. The number of hydrogen-bond acceptors (Lipinski definition) is 5. The minimum absolute atomic E-state index is 0.587. The smallest absolute Gasteiger partial charge is 0.330 e. The quantitative estimate of drug-likeness (QED) is 0.614. The van der Waals surface area contributed by atoms with Gasteiger partial charge >= 0.3 is 5.69 Å². The van der Waals surface area contributed by atoms with Gasteiger partial charge in [-0.05, 0) is 0 Å². The van der Waals surface area contributed by atoms with Crippen LogP contribution < -0.4 is 11.2 Å². The van der Waals surface area contributed by atoms with E-state index in [4.69, 9.17) is 9.84 Å². The van der Waals surface area contributed by atoms with Crippen LogP contribution in [0.4, 0.5) is 4.39 Å². The van der Waals surface area contributed by atoms with Crippen molar-refractivity contribution in [1.29, 1.82) is 0 Å². The number of ether oxygens (including phenoxy) is 1. The van der Waals surface area contributed by atoms with Gasteiger partial charge in [-0.25, -0.2) is 9.18 Å². The van der Waals surface area contributed by atoms with Crippen molar-refractivity contribution in [3.8, 4) is 0 Å². The van der Waals surface area contributed by atoms with Crippen LogP contribution in [0.3, 0.4) is 0 Å². The first-order valence-corrected chi connectivity index (χ1v) is 5.36. The van der Waals surface area contributed by atoms with Crippen molar-refractivity contribution in [3.63, 3.8) is 0 Å². The van der Waals surface area contributed by atoms with E-state index < -0.39 is 42.0 Å². The van der Waals surface area contributed by atoms with Crippen LogP contribution in [0.25, 0.3) is 0 Å². The Morgan fingerprint density at radius 2 is 2.28 bits per heavy atom. The Bertz CT molecular complexity index is 556. The van der Waals surface area contributed by atoms with Gasteiger partial charge in [0, 0.05) is 18.2 Å². The fourth-order valence-corrected chi connectivity index (χ4v) is 1.99. The van der Waals surface area contributed by atoms with Crippen LogP contribution in [0, 0.1) is 5.92 Å². The molecule has 1 aromatic rings. The highest BCUT2D eigenvalue weighted by molar-refractivity contribution is 4.94. The minimum Gasteiger partial charge on any atom is -0.390 e. The van der Waals surface area contributed by atoms with Gasteiger partial charge < -0.3 is 14.9 Å². The molecule has 0 aliphatic carbocycles. The molecule has 2 rings (SSSR count). The summed E-state index contributed by atoms with van der Waals surface area (Å²) in [6.45, 7) is 0.455. The molecule has 8 heteroatoms. The number of halogens is 1. The summed E-state index contributed by atoms with van der Waals surface area (Å²) in [7, 11) is 0. The second-order valence-electron chi connectivity index (χ2n) is 4.27. The predicted molar refractivity (Wildman–Crippen MR) is 57.5 cm³/mol. The van der Waals surface area contributed by atoms with E-state index in [1.165, 1.54) is 6.92 Å². The number of hydrogen-bond donors (Lipinski definition) is 3. The molecule has 0 saturated carbocycles. The summed E-state index contributed by atoms with van der Waals surface area (Å²) >= 11 is 0. The Balaban J connectivity index is 2.41. The maximum atomic E-state index is 13.9. The third-order valence-electron chi connectivity index (χ3n) is 3.05. The Labute approximate surface area is 100 Å². The third kappa shape index (κ3) is 1.88. The summed E-state index contributed by atoms with van der Waals surface area (Å²) in [5.74, 6) is -3.37. The number of rotatable bonds is 2. The summed E-state index contributed by atoms with van der Waals surface area (Å²) in [5.41, 5.74) is -1.36. The lowest BCUT2D eigenvalue weighted by molar-refractivity contribution is -0.207. The molecule has 0 spiro atoms. The molecule has 1 aliphatic heterocycles. The number of aromatic amines is 1. The van der Waals surface area contributed by atoms with Crippen molar-refractivity contribution in [2.75, 3.05) is 6.61 Å². The van der Waals surface area contributed by atoms with E-state index in [0.717, 1.165) is 16.8 Å². The fraction of sp³-hybridized carbons (Fsp3) is 0.600. The van der Waals surface area contributed by atoms with Crippen LogP contribution in [0.5, 0.6) is 0 Å². The van der Waals surface area contributed by atoms with Crippen LogP contribution in [-0.4, -0.2) is 38.3 Å². The van der Waals surface area contributed by atoms with Gasteiger partial charge in [0.05, 0.1) is 0 Å². The van der Waals surface area contributed by atoms with Gasteiger partial charge in [-0.15, -0.1) is 0 Å². The highest BCUT2D eigenvalue weighted by Gasteiger charge is 2.54. The minimum atomic E-state index is -2.61. The topological polar surface area (TPSA) is 105 Å². The van der Waals surface area contributed by atoms with Crippen LogP contribution in [-0.2, 0) is 4.74 Å². The van der Waals surface area contributed by atoms with Crippen molar-refractivity contribution in [1.82, 2.24) is 9.55 Å². The number of nitrogens with zero attached hydrogens (tertiary/aromatic N) is 1. The van der Waals surface area contributed by atoms with Crippen molar-refractivity contribution in [2.24, 2.45) is 5.92 Å². The van der Waals surface area contributed by atoms with E-state index >= 15 is 0 Å². The highest BCUT2D eigenvalue weighted by atomic mass is 19.2. The summed E-state index contributed by atoms with van der Waals surface area (Å²) in [6, 6.07) is 1.08. The van der Waals surface area contributed by atoms with E-state index in [-0.39, 0.29) is 0 Å². The first-order valence-electron chi connectivity index (χ1n) is 5.36. The molecule has 1 fully saturated rings. The Morgan fingerprint density at radius 1 is 1.61 bits per heavy atom. The van der Waals surface area contributed by atoms with E-state index in [1.54, 1.807) is 0 Å². The molecule has 0 radical (unpaired) electrons. The molecule has 18 heavy (non-hydrogen) atoms. The lowest BCUT2D eigenvalue weighted by Gasteiger charge is -2.20. The lowest BCUT2D eigenvalue weighted by Crippen LogP contribution is -2.39. The lowest BCUT2D eigenvalue weighted by atomic mass is 10.0. The molecule has 1 saturated heterocycles. The fourth-order valence-electron chi connectivity index (χ4n) is 1.99. The summed E-state index contributed by atoms with van der Waals surface area (Å²) in [6.07, 6.45) is -1.51. The molecule has 0 aromatic carbocycles. The first kappa shape index (κ1) is 12.9. The summed E-state index contributed by atoms with van der Waals surface area (Å²) < 4.78 is 19.8. The van der Waals surface area contributed by atoms with Gasteiger partial charge in [-0.1, -0.05) is 6.92 Å². The molecular formula is C10H13FN2O5. The van der Waals surface area contributed by atoms with Crippen molar-refractivity contribution < 1.29 is 19.3 Å². The molecule has 0 amide bonds. The van der Waals surface area contributed by atoms with Gasteiger partial charge in [-0.2, -0.15) is 0 Å². The molecule has 2 heterocycles. The number of H-pyrrole nitrogens is 1. The van der Waals surface area contributed by atoms with Crippen LogP contribution in [0.15, 0.2) is 21.9 Å². The summed E-state index contributed by atoms with van der Waals surface area (Å²) in [4.78, 5) is 24.5. The number of aliphatic hydroxyl groups excluding tert-OH is 2. The normalized spacial score (nSPS) is 35.9. The number of aliphatic hydroxyl groups is 2. The molecule has 0 bridgehead atoms. The average Bonchev–Trinajstić information content (AvgIpc) is 2.55. The number of alkyl halides is 1. The van der Waals surface area contributed by atoms with Crippen molar-refractivity contribution in [3.05, 3.63) is 33.1 Å². The van der Waals surface area contributed by atoms with Crippen molar-refractivity contribution >= 4 is 0 Å². The van der Waals surface area contributed by atoms with Gasteiger partial charge in [-0.3, -0.25) is 14.3 Å². The average molecular weight is 260 g/mol. The standard InChI is InChI=1S/C10H13FN2O5/c1-5-7(16)10(11,4-14)18-8(5)13-3-2-6(15)12-9(13)17/h2-3,5,7-8,14,16H,4H2,1H3,(H,12,15,17). The second kappa shape index (κ2) is 4.30. The molecule has 1 aromatic heterocycles. The van der Waals surface area contributed by atoms with E-state index in [2.05, 4.69) is 0 Å². The zero-order valence-corrected chi connectivity index (χ0v) is 9.54. The monoisotopic (exact) mass is 260 g/mol. The Hall–Kier alpha value is -1.51. The zero-order chi connectivity index (χ0) is 13.5. The maximum Gasteiger partial charge on any atom is 0.330 e. The molecular weight excluding hydrogens is 247 g/mol. The Kier molecular flexibility index (Phi) is 3.09. The second-order valence-corrected chi connectivity index (χ2v) is 4.27. The molecule has 1 aliphatic rings. The van der Waals surface area contributed by atoms with Gasteiger partial charge in [0.1, 0.15) is 18.9 Å². The van der Waals surface area contributed by atoms with Gasteiger partial charge in [0.15, 0.2) is 0 Å². The van der Waals surface area contributed by atoms with E-state index in [1.807, 2.05) is 4.98 Å². The van der Waals surface area contributed by atoms with E-state index in [9.17, 15) is 19.1 Å². The van der Waals surface area contributed by atoms with Crippen LogP contribution in [0.1, 0.15) is 13.2 Å².